The molecule has 0 aromatic carbocycles. The van der Waals surface area contributed by atoms with Gasteiger partial charge in [0.1, 0.15) is 0 Å². The van der Waals surface area contributed by atoms with Crippen LogP contribution in [0.25, 0.3) is 0 Å². The molecule has 1 amide bonds. The van der Waals surface area contributed by atoms with E-state index in [4.69, 9.17) is 0 Å². The number of nitrogens with zero attached hydrogens (tertiary/aromatic N) is 3. The average Bonchev–Trinajstić information content (AvgIpc) is 2.89. The van der Waals surface area contributed by atoms with Gasteiger partial charge in [0.2, 0.25) is 5.91 Å². The van der Waals surface area contributed by atoms with Crippen LogP contribution < -0.4 is 5.32 Å². The molecule has 1 aromatic heterocycles. The van der Waals surface area contributed by atoms with Crippen molar-refractivity contribution in [1.82, 2.24) is 20.1 Å². The number of hydrogen-bond donors (Lipinski definition) is 1. The van der Waals surface area contributed by atoms with E-state index in [-0.39, 0.29) is 6.04 Å². The van der Waals surface area contributed by atoms with Gasteiger partial charge >= 0.3 is 0 Å². The van der Waals surface area contributed by atoms with Crippen molar-refractivity contribution in [2.24, 2.45) is 0 Å². The van der Waals surface area contributed by atoms with Crippen molar-refractivity contribution in [3.8, 4) is 0 Å². The highest BCUT2D eigenvalue weighted by Crippen LogP contribution is 2.25. The van der Waals surface area contributed by atoms with Gasteiger partial charge in [-0.25, -0.2) is 0 Å². The monoisotopic (exact) mass is 372 g/mol. The van der Waals surface area contributed by atoms with Gasteiger partial charge < -0.3 is 10.2 Å². The van der Waals surface area contributed by atoms with E-state index in [0.29, 0.717) is 18.0 Å². The molecule has 1 aromatic rings. The van der Waals surface area contributed by atoms with Crippen molar-refractivity contribution in [3.05, 3.63) is 30.1 Å². The van der Waals surface area contributed by atoms with Crippen LogP contribution in [-0.4, -0.2) is 58.5 Å². The minimum absolute atomic E-state index is 0.0126. The number of rotatable bonds is 7. The van der Waals surface area contributed by atoms with E-state index in [2.05, 4.69) is 41.2 Å². The molecule has 1 N–H and O–H groups in total. The molecule has 2 aliphatic rings. The van der Waals surface area contributed by atoms with Crippen molar-refractivity contribution < 1.29 is 4.79 Å². The molecule has 2 atom stereocenters. The second-order valence-electron chi connectivity index (χ2n) is 8.10. The van der Waals surface area contributed by atoms with Gasteiger partial charge in [-0.3, -0.25) is 14.7 Å². The summed E-state index contributed by atoms with van der Waals surface area (Å²) in [6.45, 7) is 7.50. The minimum atomic E-state index is -0.0126. The Hall–Kier alpha value is -1.46. The Morgan fingerprint density at radius 1 is 1.11 bits per heavy atom. The van der Waals surface area contributed by atoms with E-state index in [9.17, 15) is 4.79 Å². The van der Waals surface area contributed by atoms with Crippen LogP contribution in [0.3, 0.4) is 0 Å². The molecule has 27 heavy (non-hydrogen) atoms. The second kappa shape index (κ2) is 10.2. The van der Waals surface area contributed by atoms with E-state index in [1.54, 1.807) is 0 Å². The maximum Gasteiger partial charge on any atom is 0.239 e. The van der Waals surface area contributed by atoms with E-state index in [0.717, 1.165) is 32.6 Å². The first-order valence-corrected chi connectivity index (χ1v) is 10.9. The highest BCUT2D eigenvalue weighted by molar-refractivity contribution is 5.82. The summed E-state index contributed by atoms with van der Waals surface area (Å²) in [5.74, 6) is 0.291. The van der Waals surface area contributed by atoms with Crippen LogP contribution in [-0.2, 0) is 11.3 Å². The van der Waals surface area contributed by atoms with Crippen LogP contribution in [0.2, 0.25) is 0 Å². The number of pyridine rings is 1. The van der Waals surface area contributed by atoms with Crippen LogP contribution >= 0.6 is 0 Å². The zero-order chi connectivity index (χ0) is 19.1. The van der Waals surface area contributed by atoms with Crippen molar-refractivity contribution in [1.29, 1.82) is 0 Å². The topological polar surface area (TPSA) is 48.5 Å². The summed E-state index contributed by atoms with van der Waals surface area (Å²) in [7, 11) is 0. The summed E-state index contributed by atoms with van der Waals surface area (Å²) in [5.41, 5.74) is 1.23. The fourth-order valence-electron chi connectivity index (χ4n) is 4.70. The lowest BCUT2D eigenvalue weighted by Gasteiger charge is -2.28. The van der Waals surface area contributed by atoms with Gasteiger partial charge in [0.05, 0.1) is 6.04 Å². The SMILES string of the molecule is CCN(CC)C(=O)[C@@H]1C[C@@H](NC2CCCCCC2)CN1Cc1ccncc1. The number of likely N-dealkylation sites (N-methyl/N-ethyl adjacent to an activating group) is 1. The summed E-state index contributed by atoms with van der Waals surface area (Å²) in [6, 6.07) is 5.15. The van der Waals surface area contributed by atoms with E-state index in [1.165, 1.54) is 44.1 Å². The Labute approximate surface area is 164 Å². The predicted molar refractivity (Wildman–Crippen MR) is 109 cm³/mol. The van der Waals surface area contributed by atoms with E-state index in [1.807, 2.05) is 17.3 Å². The van der Waals surface area contributed by atoms with Gasteiger partial charge in [-0.15, -0.1) is 0 Å². The Kier molecular flexibility index (Phi) is 7.65. The van der Waals surface area contributed by atoms with Crippen molar-refractivity contribution in [2.45, 2.75) is 83.5 Å². The zero-order valence-corrected chi connectivity index (χ0v) is 17.1. The highest BCUT2D eigenvalue weighted by atomic mass is 16.2. The molecular weight excluding hydrogens is 336 g/mol. The zero-order valence-electron chi connectivity index (χ0n) is 17.1. The van der Waals surface area contributed by atoms with E-state index < -0.39 is 0 Å². The van der Waals surface area contributed by atoms with Gasteiger partial charge in [0, 0.05) is 50.7 Å². The first kappa shape index (κ1) is 20.3. The molecule has 1 aliphatic carbocycles. The third kappa shape index (κ3) is 5.52. The lowest BCUT2D eigenvalue weighted by molar-refractivity contribution is -0.135. The maximum absolute atomic E-state index is 13.1. The van der Waals surface area contributed by atoms with Crippen LogP contribution in [0.15, 0.2) is 24.5 Å². The Morgan fingerprint density at radius 3 is 2.41 bits per heavy atom. The lowest BCUT2D eigenvalue weighted by Crippen LogP contribution is -2.45. The fraction of sp³-hybridized carbons (Fsp3) is 0.727. The molecule has 0 unspecified atom stereocenters. The number of aromatic nitrogens is 1. The van der Waals surface area contributed by atoms with Gasteiger partial charge in [-0.05, 0) is 50.8 Å². The minimum Gasteiger partial charge on any atom is -0.342 e. The molecule has 5 heteroatoms. The first-order chi connectivity index (χ1) is 13.2. The molecule has 1 saturated heterocycles. The summed E-state index contributed by atoms with van der Waals surface area (Å²) >= 11 is 0. The normalized spacial score (nSPS) is 24.7. The van der Waals surface area contributed by atoms with Crippen LogP contribution in [0.4, 0.5) is 0 Å². The maximum atomic E-state index is 13.1. The van der Waals surface area contributed by atoms with Crippen LogP contribution in [0.5, 0.6) is 0 Å². The molecule has 0 spiro atoms. The molecule has 5 nitrogen and oxygen atoms in total. The molecule has 1 saturated carbocycles. The first-order valence-electron chi connectivity index (χ1n) is 10.9. The van der Waals surface area contributed by atoms with Crippen molar-refractivity contribution in [2.75, 3.05) is 19.6 Å². The predicted octanol–water partition coefficient (Wildman–Crippen LogP) is 3.21. The Bertz CT molecular complexity index is 567. The number of carbonyl (C=O) groups excluding carboxylic acids is 1. The third-order valence-electron chi connectivity index (χ3n) is 6.23. The Morgan fingerprint density at radius 2 is 1.78 bits per heavy atom. The van der Waals surface area contributed by atoms with Crippen molar-refractivity contribution >= 4 is 5.91 Å². The number of nitrogens with one attached hydrogen (secondary N) is 1. The standard InChI is InChI=1S/C22H36N4O/c1-3-25(4-2)22(27)21-15-20(24-19-9-7-5-6-8-10-19)17-26(21)16-18-11-13-23-14-12-18/h11-14,19-21,24H,3-10,15-17H2,1-2H3/t20-,21+/m1/s1. The van der Waals surface area contributed by atoms with Crippen LogP contribution in [0.1, 0.15) is 64.4 Å². The number of likely N-dealkylation sites (tertiary alicyclic amines) is 1. The van der Waals surface area contributed by atoms with Crippen LogP contribution in [0, 0.1) is 0 Å². The van der Waals surface area contributed by atoms with E-state index >= 15 is 0 Å². The average molecular weight is 373 g/mol. The largest absolute Gasteiger partial charge is 0.342 e. The summed E-state index contributed by atoms with van der Waals surface area (Å²) in [4.78, 5) is 21.6. The molecular formula is C22H36N4O. The fourth-order valence-corrected chi connectivity index (χ4v) is 4.70. The molecule has 0 bridgehead atoms. The summed E-state index contributed by atoms with van der Waals surface area (Å²) < 4.78 is 0. The quantitative estimate of drug-likeness (QED) is 0.747. The smallest absolute Gasteiger partial charge is 0.239 e. The van der Waals surface area contributed by atoms with Gasteiger partial charge in [0.15, 0.2) is 0 Å². The van der Waals surface area contributed by atoms with Gasteiger partial charge in [-0.2, -0.15) is 0 Å². The molecule has 0 radical (unpaired) electrons. The van der Waals surface area contributed by atoms with Gasteiger partial charge in [0.25, 0.3) is 0 Å². The summed E-state index contributed by atoms with van der Waals surface area (Å²) in [5, 5.41) is 3.91. The van der Waals surface area contributed by atoms with Crippen molar-refractivity contribution in [3.63, 3.8) is 0 Å². The van der Waals surface area contributed by atoms with Gasteiger partial charge in [-0.1, -0.05) is 25.7 Å². The molecule has 2 heterocycles. The number of carbonyl (C=O) groups is 1. The number of amides is 1. The molecule has 1 aliphatic heterocycles. The molecule has 3 rings (SSSR count). The lowest BCUT2D eigenvalue weighted by atomic mass is 10.1. The number of hydrogen-bond acceptors (Lipinski definition) is 4. The molecule has 2 fully saturated rings. The molecule has 150 valence electrons. The highest BCUT2D eigenvalue weighted by Gasteiger charge is 2.38. The second-order valence-corrected chi connectivity index (χ2v) is 8.10. The third-order valence-corrected chi connectivity index (χ3v) is 6.23. The summed E-state index contributed by atoms with van der Waals surface area (Å²) in [6.07, 6.45) is 12.6. The Balaban J connectivity index is 1.68.